The standard InChI is InChI=1S/C14H23N3/c1-11(2)6-15-7-12-4-3-5-14(12)13-8-16-10-17-9-13/h8-12,14-15H,3-7H2,1-2H3. The van der Waals surface area contributed by atoms with E-state index >= 15 is 0 Å². The molecule has 1 aromatic heterocycles. The first-order valence-corrected chi connectivity index (χ1v) is 6.73. The van der Waals surface area contributed by atoms with E-state index in [-0.39, 0.29) is 0 Å². The quantitative estimate of drug-likeness (QED) is 0.849. The van der Waals surface area contributed by atoms with Crippen LogP contribution in [0.15, 0.2) is 18.7 Å². The molecule has 0 spiro atoms. The molecule has 0 aliphatic heterocycles. The van der Waals surface area contributed by atoms with Crippen molar-refractivity contribution >= 4 is 0 Å². The van der Waals surface area contributed by atoms with Gasteiger partial charge >= 0.3 is 0 Å². The predicted octanol–water partition coefficient (Wildman–Crippen LogP) is 2.61. The van der Waals surface area contributed by atoms with Gasteiger partial charge in [0, 0.05) is 12.4 Å². The zero-order valence-corrected chi connectivity index (χ0v) is 10.9. The molecule has 1 N–H and O–H groups in total. The van der Waals surface area contributed by atoms with Gasteiger partial charge in [-0.1, -0.05) is 20.3 Å². The van der Waals surface area contributed by atoms with Crippen molar-refractivity contribution in [3.05, 3.63) is 24.3 Å². The predicted molar refractivity (Wildman–Crippen MR) is 69.8 cm³/mol. The van der Waals surface area contributed by atoms with E-state index in [0.29, 0.717) is 5.92 Å². The maximum absolute atomic E-state index is 4.14. The largest absolute Gasteiger partial charge is 0.316 e. The molecule has 1 saturated carbocycles. The van der Waals surface area contributed by atoms with Gasteiger partial charge in [-0.2, -0.15) is 0 Å². The lowest BCUT2D eigenvalue weighted by Gasteiger charge is -2.20. The van der Waals surface area contributed by atoms with Crippen LogP contribution in [0.2, 0.25) is 0 Å². The number of nitrogens with zero attached hydrogens (tertiary/aromatic N) is 2. The van der Waals surface area contributed by atoms with E-state index in [9.17, 15) is 0 Å². The van der Waals surface area contributed by atoms with Crippen LogP contribution in [-0.4, -0.2) is 23.1 Å². The molecule has 1 fully saturated rings. The van der Waals surface area contributed by atoms with Crippen molar-refractivity contribution < 1.29 is 0 Å². The monoisotopic (exact) mass is 233 g/mol. The van der Waals surface area contributed by atoms with Gasteiger partial charge in [-0.25, -0.2) is 9.97 Å². The third-order valence-corrected chi connectivity index (χ3v) is 3.63. The van der Waals surface area contributed by atoms with E-state index in [4.69, 9.17) is 0 Å². The van der Waals surface area contributed by atoms with Crippen molar-refractivity contribution in [2.45, 2.75) is 39.0 Å². The van der Waals surface area contributed by atoms with Gasteiger partial charge in [0.05, 0.1) is 0 Å². The Kier molecular flexibility index (Phi) is 4.49. The minimum absolute atomic E-state index is 0.663. The summed E-state index contributed by atoms with van der Waals surface area (Å²) in [4.78, 5) is 8.28. The van der Waals surface area contributed by atoms with Crippen LogP contribution >= 0.6 is 0 Å². The highest BCUT2D eigenvalue weighted by Gasteiger charge is 2.28. The summed E-state index contributed by atoms with van der Waals surface area (Å²) in [5, 5.41) is 3.59. The van der Waals surface area contributed by atoms with E-state index in [0.717, 1.165) is 24.9 Å². The van der Waals surface area contributed by atoms with E-state index in [1.165, 1.54) is 24.8 Å². The average molecular weight is 233 g/mol. The SMILES string of the molecule is CC(C)CNCC1CCCC1c1cncnc1. The molecule has 94 valence electrons. The lowest BCUT2D eigenvalue weighted by atomic mass is 9.90. The lowest BCUT2D eigenvalue weighted by Crippen LogP contribution is -2.27. The summed E-state index contributed by atoms with van der Waals surface area (Å²) in [6, 6.07) is 0. The zero-order chi connectivity index (χ0) is 12.1. The van der Waals surface area contributed by atoms with Crippen molar-refractivity contribution in [2.75, 3.05) is 13.1 Å². The molecular weight excluding hydrogens is 210 g/mol. The smallest absolute Gasteiger partial charge is 0.115 e. The summed E-state index contributed by atoms with van der Waals surface area (Å²) in [6.07, 6.45) is 9.56. The molecule has 0 radical (unpaired) electrons. The normalized spacial score (nSPS) is 24.4. The van der Waals surface area contributed by atoms with E-state index in [1.807, 2.05) is 12.4 Å². The summed E-state index contributed by atoms with van der Waals surface area (Å²) in [6.45, 7) is 6.76. The Bertz CT molecular complexity index is 323. The Labute approximate surface area is 104 Å². The first-order valence-electron chi connectivity index (χ1n) is 6.73. The second kappa shape index (κ2) is 6.10. The molecular formula is C14H23N3. The van der Waals surface area contributed by atoms with Crippen LogP contribution in [0.25, 0.3) is 0 Å². The molecule has 1 aliphatic carbocycles. The number of nitrogens with one attached hydrogen (secondary N) is 1. The molecule has 0 aromatic carbocycles. The third kappa shape index (κ3) is 3.50. The summed E-state index contributed by atoms with van der Waals surface area (Å²) in [7, 11) is 0. The van der Waals surface area contributed by atoms with E-state index < -0.39 is 0 Å². The van der Waals surface area contributed by atoms with Gasteiger partial charge in [0.2, 0.25) is 0 Å². The van der Waals surface area contributed by atoms with Gasteiger partial charge < -0.3 is 5.32 Å². The fourth-order valence-corrected chi connectivity index (χ4v) is 2.78. The van der Waals surface area contributed by atoms with Crippen molar-refractivity contribution in [3.8, 4) is 0 Å². The molecule has 1 aromatic rings. The Morgan fingerprint density at radius 3 is 2.76 bits per heavy atom. The van der Waals surface area contributed by atoms with Gasteiger partial charge in [0.1, 0.15) is 6.33 Å². The highest BCUT2D eigenvalue weighted by Crippen LogP contribution is 2.38. The van der Waals surface area contributed by atoms with Crippen molar-refractivity contribution in [3.63, 3.8) is 0 Å². The molecule has 1 aliphatic rings. The summed E-state index contributed by atoms with van der Waals surface area (Å²) >= 11 is 0. The van der Waals surface area contributed by atoms with Gasteiger partial charge in [-0.05, 0) is 49.2 Å². The Balaban J connectivity index is 1.89. The fourth-order valence-electron chi connectivity index (χ4n) is 2.78. The van der Waals surface area contributed by atoms with Crippen molar-refractivity contribution in [2.24, 2.45) is 11.8 Å². The minimum Gasteiger partial charge on any atom is -0.316 e. The highest BCUT2D eigenvalue weighted by atomic mass is 14.9. The van der Waals surface area contributed by atoms with Gasteiger partial charge in [0.25, 0.3) is 0 Å². The summed E-state index contributed by atoms with van der Waals surface area (Å²) in [5.41, 5.74) is 1.32. The van der Waals surface area contributed by atoms with Crippen molar-refractivity contribution in [1.82, 2.24) is 15.3 Å². The van der Waals surface area contributed by atoms with Crippen molar-refractivity contribution in [1.29, 1.82) is 0 Å². The molecule has 0 bridgehead atoms. The van der Waals surface area contributed by atoms with Crippen LogP contribution in [0, 0.1) is 11.8 Å². The zero-order valence-electron chi connectivity index (χ0n) is 10.9. The first-order chi connectivity index (χ1) is 8.27. The second-order valence-electron chi connectivity index (χ2n) is 5.52. The Morgan fingerprint density at radius 2 is 2.06 bits per heavy atom. The molecule has 2 rings (SSSR count). The number of aromatic nitrogens is 2. The second-order valence-corrected chi connectivity index (χ2v) is 5.52. The van der Waals surface area contributed by atoms with E-state index in [2.05, 4.69) is 29.1 Å². The number of rotatable bonds is 5. The maximum atomic E-state index is 4.14. The highest BCUT2D eigenvalue weighted by molar-refractivity contribution is 5.13. The van der Waals surface area contributed by atoms with Gasteiger partial charge in [0.15, 0.2) is 0 Å². The average Bonchev–Trinajstić information content (AvgIpc) is 2.78. The summed E-state index contributed by atoms with van der Waals surface area (Å²) in [5.74, 6) is 2.16. The molecule has 0 saturated heterocycles. The van der Waals surface area contributed by atoms with Crippen LogP contribution in [-0.2, 0) is 0 Å². The van der Waals surface area contributed by atoms with Crippen LogP contribution < -0.4 is 5.32 Å². The van der Waals surface area contributed by atoms with Crippen LogP contribution in [0.4, 0.5) is 0 Å². The van der Waals surface area contributed by atoms with Crippen LogP contribution in [0.1, 0.15) is 44.6 Å². The molecule has 2 atom stereocenters. The lowest BCUT2D eigenvalue weighted by molar-refractivity contribution is 0.424. The maximum Gasteiger partial charge on any atom is 0.115 e. The molecule has 3 heteroatoms. The number of hydrogen-bond acceptors (Lipinski definition) is 3. The molecule has 2 unspecified atom stereocenters. The molecule has 1 heterocycles. The molecule has 3 nitrogen and oxygen atoms in total. The molecule has 0 amide bonds. The van der Waals surface area contributed by atoms with Gasteiger partial charge in [-0.15, -0.1) is 0 Å². The Hall–Kier alpha value is -0.960. The first kappa shape index (κ1) is 12.5. The topological polar surface area (TPSA) is 37.8 Å². The minimum atomic E-state index is 0.663. The summed E-state index contributed by atoms with van der Waals surface area (Å²) < 4.78 is 0. The van der Waals surface area contributed by atoms with Crippen LogP contribution in [0.3, 0.4) is 0 Å². The van der Waals surface area contributed by atoms with E-state index in [1.54, 1.807) is 6.33 Å². The fraction of sp³-hybridized carbons (Fsp3) is 0.714. The Morgan fingerprint density at radius 1 is 1.29 bits per heavy atom. The number of hydrogen-bond donors (Lipinski definition) is 1. The van der Waals surface area contributed by atoms with Crippen LogP contribution in [0.5, 0.6) is 0 Å². The third-order valence-electron chi connectivity index (χ3n) is 3.63. The van der Waals surface area contributed by atoms with Gasteiger partial charge in [-0.3, -0.25) is 0 Å². The molecule has 17 heavy (non-hydrogen) atoms.